The Kier molecular flexibility index (Phi) is 5.91. The van der Waals surface area contributed by atoms with Crippen LogP contribution in [0, 0.1) is 0 Å². The van der Waals surface area contributed by atoms with Crippen molar-refractivity contribution in [2.24, 2.45) is 0 Å². The molecule has 0 saturated carbocycles. The summed E-state index contributed by atoms with van der Waals surface area (Å²) in [6.45, 7) is 7.07. The molecule has 0 aliphatic carbocycles. The Balaban J connectivity index is 1.85. The molecule has 6 nitrogen and oxygen atoms in total. The average molecular weight is 305 g/mol. The van der Waals surface area contributed by atoms with Crippen molar-refractivity contribution in [3.05, 3.63) is 29.8 Å². The van der Waals surface area contributed by atoms with Crippen LogP contribution in [0.1, 0.15) is 12.5 Å². The summed E-state index contributed by atoms with van der Waals surface area (Å²) in [5.41, 5.74) is 1.79. The fourth-order valence-corrected chi connectivity index (χ4v) is 2.34. The Morgan fingerprint density at radius 2 is 1.77 bits per heavy atom. The van der Waals surface area contributed by atoms with E-state index in [0.29, 0.717) is 5.69 Å². The number of benzene rings is 1. The van der Waals surface area contributed by atoms with Gasteiger partial charge in [-0.15, -0.1) is 0 Å². The molecule has 0 spiro atoms. The highest BCUT2D eigenvalue weighted by molar-refractivity contribution is 6.37. The fourth-order valence-electron chi connectivity index (χ4n) is 2.34. The van der Waals surface area contributed by atoms with E-state index in [1.54, 1.807) is 6.92 Å². The van der Waals surface area contributed by atoms with E-state index >= 15 is 0 Å². The van der Waals surface area contributed by atoms with Crippen LogP contribution in [0.2, 0.25) is 0 Å². The molecule has 2 rings (SSSR count). The molecule has 1 aliphatic rings. The molecule has 1 N–H and O–H groups in total. The van der Waals surface area contributed by atoms with Gasteiger partial charge in [0.1, 0.15) is 0 Å². The molecule has 0 unspecified atom stereocenters. The second kappa shape index (κ2) is 7.91. The number of anilines is 1. The van der Waals surface area contributed by atoms with Crippen molar-refractivity contribution in [2.45, 2.75) is 13.5 Å². The maximum atomic E-state index is 11.5. The van der Waals surface area contributed by atoms with Crippen molar-refractivity contribution < 1.29 is 14.3 Å². The maximum Gasteiger partial charge on any atom is 0.397 e. The summed E-state index contributed by atoms with van der Waals surface area (Å²) < 4.78 is 4.65. The van der Waals surface area contributed by atoms with Crippen LogP contribution in [0.5, 0.6) is 0 Å². The van der Waals surface area contributed by atoms with Crippen molar-refractivity contribution in [2.75, 3.05) is 45.2 Å². The van der Waals surface area contributed by atoms with Crippen LogP contribution in [-0.2, 0) is 20.9 Å². The van der Waals surface area contributed by atoms with Crippen molar-refractivity contribution in [3.63, 3.8) is 0 Å². The lowest BCUT2D eigenvalue weighted by Crippen LogP contribution is -2.43. The van der Waals surface area contributed by atoms with Crippen LogP contribution in [0.25, 0.3) is 0 Å². The largest absolute Gasteiger partial charge is 0.459 e. The van der Waals surface area contributed by atoms with E-state index in [9.17, 15) is 9.59 Å². The topological polar surface area (TPSA) is 61.9 Å². The standard InChI is InChI=1S/C16H23N3O3/c1-3-22-16(21)15(20)17-14-6-4-13(5-7-14)12-19-10-8-18(2)9-11-19/h4-7H,3,8-12H2,1-2H3,(H,17,20). The monoisotopic (exact) mass is 305 g/mol. The van der Waals surface area contributed by atoms with Gasteiger partial charge in [0.2, 0.25) is 0 Å². The smallest absolute Gasteiger partial charge is 0.397 e. The molecular weight excluding hydrogens is 282 g/mol. The molecule has 1 aromatic carbocycles. The first kappa shape index (κ1) is 16.5. The van der Waals surface area contributed by atoms with E-state index in [-0.39, 0.29) is 6.61 Å². The third-order valence-electron chi connectivity index (χ3n) is 3.67. The summed E-state index contributed by atoms with van der Waals surface area (Å²) in [7, 11) is 2.14. The van der Waals surface area contributed by atoms with Gasteiger partial charge in [-0.05, 0) is 31.7 Å². The van der Waals surface area contributed by atoms with E-state index in [4.69, 9.17) is 0 Å². The molecule has 120 valence electrons. The fraction of sp³-hybridized carbons (Fsp3) is 0.500. The van der Waals surface area contributed by atoms with Gasteiger partial charge in [0, 0.05) is 38.4 Å². The molecule has 0 radical (unpaired) electrons. The lowest BCUT2D eigenvalue weighted by molar-refractivity contribution is -0.152. The Hall–Kier alpha value is -1.92. The molecular formula is C16H23N3O3. The van der Waals surface area contributed by atoms with Gasteiger partial charge in [0.05, 0.1) is 6.61 Å². The first-order valence-corrected chi connectivity index (χ1v) is 7.56. The molecule has 1 aliphatic heterocycles. The highest BCUT2D eigenvalue weighted by Crippen LogP contribution is 2.12. The van der Waals surface area contributed by atoms with E-state index in [2.05, 4.69) is 26.9 Å². The number of ether oxygens (including phenoxy) is 1. The first-order valence-electron chi connectivity index (χ1n) is 7.56. The average Bonchev–Trinajstić information content (AvgIpc) is 2.51. The van der Waals surface area contributed by atoms with Gasteiger partial charge < -0.3 is 15.0 Å². The number of amides is 1. The predicted molar refractivity (Wildman–Crippen MR) is 84.5 cm³/mol. The molecule has 22 heavy (non-hydrogen) atoms. The number of esters is 1. The van der Waals surface area contributed by atoms with Gasteiger partial charge in [-0.1, -0.05) is 12.1 Å². The minimum absolute atomic E-state index is 0.191. The second-order valence-electron chi connectivity index (χ2n) is 5.45. The number of rotatable bonds is 4. The van der Waals surface area contributed by atoms with Gasteiger partial charge in [0.15, 0.2) is 0 Å². The number of hydrogen-bond donors (Lipinski definition) is 1. The molecule has 1 aromatic rings. The molecule has 0 bridgehead atoms. The maximum absolute atomic E-state index is 11.5. The van der Waals surface area contributed by atoms with E-state index in [1.165, 1.54) is 5.56 Å². The van der Waals surface area contributed by atoms with E-state index in [1.807, 2.05) is 24.3 Å². The summed E-state index contributed by atoms with van der Waals surface area (Å²) in [5, 5.41) is 2.53. The van der Waals surface area contributed by atoms with E-state index in [0.717, 1.165) is 32.7 Å². The summed E-state index contributed by atoms with van der Waals surface area (Å²) in [4.78, 5) is 27.5. The third-order valence-corrected chi connectivity index (χ3v) is 3.67. The minimum Gasteiger partial charge on any atom is -0.459 e. The number of nitrogens with one attached hydrogen (secondary N) is 1. The lowest BCUT2D eigenvalue weighted by atomic mass is 10.2. The zero-order chi connectivity index (χ0) is 15.9. The zero-order valence-corrected chi connectivity index (χ0v) is 13.2. The third kappa shape index (κ3) is 4.82. The number of likely N-dealkylation sites (N-methyl/N-ethyl adjacent to an activating group) is 1. The van der Waals surface area contributed by atoms with Crippen LogP contribution < -0.4 is 5.32 Å². The number of carbonyl (C=O) groups excluding carboxylic acids is 2. The van der Waals surface area contributed by atoms with Crippen LogP contribution >= 0.6 is 0 Å². The highest BCUT2D eigenvalue weighted by atomic mass is 16.5. The van der Waals surface area contributed by atoms with Crippen molar-refractivity contribution in [1.82, 2.24) is 9.80 Å². The van der Waals surface area contributed by atoms with Crippen molar-refractivity contribution >= 4 is 17.6 Å². The number of hydrogen-bond acceptors (Lipinski definition) is 5. The number of piperazine rings is 1. The second-order valence-corrected chi connectivity index (χ2v) is 5.45. The van der Waals surface area contributed by atoms with Crippen LogP contribution in [0.3, 0.4) is 0 Å². The Morgan fingerprint density at radius 1 is 1.14 bits per heavy atom. The van der Waals surface area contributed by atoms with Crippen molar-refractivity contribution in [1.29, 1.82) is 0 Å². The molecule has 1 saturated heterocycles. The van der Waals surface area contributed by atoms with Crippen LogP contribution in [0.15, 0.2) is 24.3 Å². The van der Waals surface area contributed by atoms with Gasteiger partial charge in [-0.3, -0.25) is 9.69 Å². The number of carbonyl (C=O) groups is 2. The first-order chi connectivity index (χ1) is 10.6. The molecule has 0 aromatic heterocycles. The normalized spacial score (nSPS) is 16.3. The Labute approximate surface area is 131 Å². The minimum atomic E-state index is -0.857. The molecule has 1 amide bonds. The summed E-state index contributed by atoms with van der Waals surface area (Å²) in [5.74, 6) is -1.60. The van der Waals surface area contributed by atoms with Gasteiger partial charge in [0.25, 0.3) is 0 Å². The van der Waals surface area contributed by atoms with Crippen molar-refractivity contribution in [3.8, 4) is 0 Å². The van der Waals surface area contributed by atoms with Gasteiger partial charge in [-0.25, -0.2) is 4.79 Å². The van der Waals surface area contributed by atoms with E-state index < -0.39 is 11.9 Å². The number of nitrogens with zero attached hydrogens (tertiary/aromatic N) is 2. The quantitative estimate of drug-likeness (QED) is 0.662. The van der Waals surface area contributed by atoms with Crippen LogP contribution in [-0.4, -0.2) is 61.5 Å². The van der Waals surface area contributed by atoms with Crippen LogP contribution in [0.4, 0.5) is 5.69 Å². The summed E-state index contributed by atoms with van der Waals surface area (Å²) in [6.07, 6.45) is 0. The zero-order valence-electron chi connectivity index (χ0n) is 13.2. The summed E-state index contributed by atoms with van der Waals surface area (Å²) in [6, 6.07) is 7.56. The van der Waals surface area contributed by atoms with Gasteiger partial charge in [-0.2, -0.15) is 0 Å². The Bertz CT molecular complexity index is 508. The molecule has 1 fully saturated rings. The van der Waals surface area contributed by atoms with Gasteiger partial charge >= 0.3 is 11.9 Å². The molecule has 1 heterocycles. The highest BCUT2D eigenvalue weighted by Gasteiger charge is 2.15. The summed E-state index contributed by atoms with van der Waals surface area (Å²) >= 11 is 0. The molecule has 0 atom stereocenters. The lowest BCUT2D eigenvalue weighted by Gasteiger charge is -2.32. The Morgan fingerprint density at radius 3 is 2.36 bits per heavy atom. The SMILES string of the molecule is CCOC(=O)C(=O)Nc1ccc(CN2CCN(C)CC2)cc1. The predicted octanol–water partition coefficient (Wildman–Crippen LogP) is 0.936. The molecule has 6 heteroatoms.